The molecule has 1 saturated heterocycles. The highest BCUT2D eigenvalue weighted by molar-refractivity contribution is 5.80. The lowest BCUT2D eigenvalue weighted by atomic mass is 10.2. The highest BCUT2D eigenvalue weighted by Gasteiger charge is 2.33. The Labute approximate surface area is 72.3 Å². The number of amides is 1. The summed E-state index contributed by atoms with van der Waals surface area (Å²) in [5.41, 5.74) is 5.19. The van der Waals surface area contributed by atoms with E-state index in [1.54, 1.807) is 0 Å². The van der Waals surface area contributed by atoms with Crippen LogP contribution in [0.4, 0.5) is 0 Å². The number of carbonyl (C=O) groups excluding carboxylic acids is 1. The molecule has 1 rings (SSSR count). The maximum atomic E-state index is 10.9. The molecule has 70 valence electrons. The number of β-amino-alcohol motifs (C(OH)–C–C–N with tert-alkyl or cyclic N) is 1. The molecule has 0 spiro atoms. The van der Waals surface area contributed by atoms with Crippen LogP contribution in [0.2, 0.25) is 0 Å². The summed E-state index contributed by atoms with van der Waals surface area (Å²) in [6, 6.07) is -0.250. The van der Waals surface area contributed by atoms with Crippen LogP contribution >= 0.6 is 0 Å². The van der Waals surface area contributed by atoms with Gasteiger partial charge in [0.05, 0.1) is 12.1 Å². The number of aliphatic hydroxyl groups is 1. The monoisotopic (exact) mass is 172 g/mol. The summed E-state index contributed by atoms with van der Waals surface area (Å²) in [6.07, 6.45) is 1.10. The average Bonchev–Trinajstić information content (AvgIpc) is 2.32. The van der Waals surface area contributed by atoms with Crippen LogP contribution in [0.25, 0.3) is 0 Å². The first-order valence-electron chi connectivity index (χ1n) is 4.36. The fraction of sp³-hybridized carbons (Fsp3) is 0.875. The van der Waals surface area contributed by atoms with Crippen molar-refractivity contribution in [3.05, 3.63) is 0 Å². The van der Waals surface area contributed by atoms with Crippen molar-refractivity contribution in [3.8, 4) is 0 Å². The van der Waals surface area contributed by atoms with Crippen molar-refractivity contribution in [3.63, 3.8) is 0 Å². The molecule has 0 bridgehead atoms. The standard InChI is InChI=1S/C8H16N2O2/c1-2-3-10-5-6(11)4-7(10)8(9)12/h6-7,11H,2-5H2,1H3,(H2,9,12). The number of likely N-dealkylation sites (tertiary alicyclic amines) is 1. The van der Waals surface area contributed by atoms with Gasteiger partial charge in [-0.2, -0.15) is 0 Å². The van der Waals surface area contributed by atoms with E-state index in [1.165, 1.54) is 0 Å². The van der Waals surface area contributed by atoms with E-state index in [4.69, 9.17) is 5.73 Å². The van der Waals surface area contributed by atoms with E-state index < -0.39 is 0 Å². The molecule has 2 atom stereocenters. The molecule has 1 fully saturated rings. The van der Waals surface area contributed by atoms with Gasteiger partial charge in [0.2, 0.25) is 5.91 Å². The molecule has 0 saturated carbocycles. The first-order chi connectivity index (χ1) is 5.65. The van der Waals surface area contributed by atoms with Gasteiger partial charge in [-0.05, 0) is 19.4 Å². The molecule has 4 nitrogen and oxygen atoms in total. The van der Waals surface area contributed by atoms with Crippen LogP contribution in [0.15, 0.2) is 0 Å². The van der Waals surface area contributed by atoms with Gasteiger partial charge in [-0.15, -0.1) is 0 Å². The Kier molecular flexibility index (Phi) is 3.05. The van der Waals surface area contributed by atoms with E-state index >= 15 is 0 Å². The molecule has 1 heterocycles. The molecule has 0 aliphatic carbocycles. The summed E-state index contributed by atoms with van der Waals surface area (Å²) in [5.74, 6) is -0.319. The lowest BCUT2D eigenvalue weighted by Crippen LogP contribution is -2.40. The lowest BCUT2D eigenvalue weighted by Gasteiger charge is -2.19. The van der Waals surface area contributed by atoms with Crippen molar-refractivity contribution in [1.82, 2.24) is 4.90 Å². The van der Waals surface area contributed by atoms with Crippen molar-refractivity contribution in [2.45, 2.75) is 31.9 Å². The number of carbonyl (C=O) groups is 1. The Hall–Kier alpha value is -0.610. The third-order valence-corrected chi connectivity index (χ3v) is 2.22. The predicted octanol–water partition coefficient (Wildman–Crippen LogP) is -0.683. The summed E-state index contributed by atoms with van der Waals surface area (Å²) in [7, 11) is 0. The molecular formula is C8H16N2O2. The fourth-order valence-electron chi connectivity index (χ4n) is 1.71. The van der Waals surface area contributed by atoms with Gasteiger partial charge in [0.25, 0.3) is 0 Å². The summed E-state index contributed by atoms with van der Waals surface area (Å²) in [4.78, 5) is 12.9. The molecule has 12 heavy (non-hydrogen) atoms. The van der Waals surface area contributed by atoms with E-state index in [0.717, 1.165) is 13.0 Å². The maximum Gasteiger partial charge on any atom is 0.234 e. The van der Waals surface area contributed by atoms with Crippen LogP contribution in [0, 0.1) is 0 Å². The summed E-state index contributed by atoms with van der Waals surface area (Å²) in [5, 5.41) is 9.30. The summed E-state index contributed by atoms with van der Waals surface area (Å²) in [6.45, 7) is 3.47. The zero-order chi connectivity index (χ0) is 9.14. The summed E-state index contributed by atoms with van der Waals surface area (Å²) < 4.78 is 0. The molecule has 1 aliphatic rings. The number of nitrogens with two attached hydrogens (primary N) is 1. The maximum absolute atomic E-state index is 10.9. The van der Waals surface area contributed by atoms with Gasteiger partial charge in [0.15, 0.2) is 0 Å². The number of primary amides is 1. The van der Waals surface area contributed by atoms with Gasteiger partial charge in [-0.25, -0.2) is 0 Å². The second-order valence-electron chi connectivity index (χ2n) is 3.30. The molecule has 0 radical (unpaired) electrons. The zero-order valence-electron chi connectivity index (χ0n) is 7.36. The van der Waals surface area contributed by atoms with Crippen molar-refractivity contribution >= 4 is 5.91 Å². The van der Waals surface area contributed by atoms with Gasteiger partial charge < -0.3 is 10.8 Å². The molecule has 1 amide bonds. The molecule has 0 aromatic rings. The Morgan fingerprint density at radius 1 is 1.75 bits per heavy atom. The van der Waals surface area contributed by atoms with Crippen LogP contribution in [-0.4, -0.2) is 41.1 Å². The molecule has 0 aromatic carbocycles. The highest BCUT2D eigenvalue weighted by Crippen LogP contribution is 2.17. The second-order valence-corrected chi connectivity index (χ2v) is 3.30. The van der Waals surface area contributed by atoms with E-state index in [2.05, 4.69) is 0 Å². The van der Waals surface area contributed by atoms with Gasteiger partial charge in [-0.3, -0.25) is 9.69 Å². The number of hydrogen-bond acceptors (Lipinski definition) is 3. The second kappa shape index (κ2) is 3.87. The van der Waals surface area contributed by atoms with E-state index in [-0.39, 0.29) is 18.1 Å². The molecule has 0 aromatic heterocycles. The Morgan fingerprint density at radius 3 is 2.92 bits per heavy atom. The molecule has 1 aliphatic heterocycles. The smallest absolute Gasteiger partial charge is 0.234 e. The minimum absolute atomic E-state index is 0.250. The van der Waals surface area contributed by atoms with Crippen molar-refractivity contribution in [2.24, 2.45) is 5.73 Å². The van der Waals surface area contributed by atoms with Crippen molar-refractivity contribution < 1.29 is 9.90 Å². The van der Waals surface area contributed by atoms with Crippen LogP contribution in [0.3, 0.4) is 0 Å². The van der Waals surface area contributed by atoms with E-state index in [0.29, 0.717) is 13.0 Å². The largest absolute Gasteiger partial charge is 0.392 e. The van der Waals surface area contributed by atoms with E-state index in [9.17, 15) is 9.90 Å². The topological polar surface area (TPSA) is 66.6 Å². The number of aliphatic hydroxyl groups excluding tert-OH is 1. The predicted molar refractivity (Wildman–Crippen MR) is 45.5 cm³/mol. The summed E-state index contributed by atoms with van der Waals surface area (Å²) >= 11 is 0. The van der Waals surface area contributed by atoms with Crippen molar-refractivity contribution in [1.29, 1.82) is 0 Å². The van der Waals surface area contributed by atoms with Crippen molar-refractivity contribution in [2.75, 3.05) is 13.1 Å². The third-order valence-electron chi connectivity index (χ3n) is 2.22. The quantitative estimate of drug-likeness (QED) is 0.592. The normalized spacial score (nSPS) is 30.8. The molecule has 3 N–H and O–H groups in total. The minimum atomic E-state index is -0.381. The van der Waals surface area contributed by atoms with Crippen LogP contribution in [-0.2, 0) is 4.79 Å². The van der Waals surface area contributed by atoms with Crippen LogP contribution in [0.1, 0.15) is 19.8 Å². The Bertz CT molecular complexity index is 172. The van der Waals surface area contributed by atoms with Crippen LogP contribution < -0.4 is 5.73 Å². The first-order valence-corrected chi connectivity index (χ1v) is 4.36. The molecule has 4 heteroatoms. The molecule has 2 unspecified atom stereocenters. The Morgan fingerprint density at radius 2 is 2.42 bits per heavy atom. The zero-order valence-corrected chi connectivity index (χ0v) is 7.36. The fourth-order valence-corrected chi connectivity index (χ4v) is 1.71. The number of rotatable bonds is 3. The molecular weight excluding hydrogens is 156 g/mol. The minimum Gasteiger partial charge on any atom is -0.392 e. The van der Waals surface area contributed by atoms with Gasteiger partial charge in [0.1, 0.15) is 0 Å². The third kappa shape index (κ3) is 1.95. The van der Waals surface area contributed by atoms with Crippen LogP contribution in [0.5, 0.6) is 0 Å². The Balaban J connectivity index is 2.53. The first kappa shape index (κ1) is 9.48. The number of hydrogen-bond donors (Lipinski definition) is 2. The van der Waals surface area contributed by atoms with E-state index in [1.807, 2.05) is 11.8 Å². The highest BCUT2D eigenvalue weighted by atomic mass is 16.3. The van der Waals surface area contributed by atoms with Gasteiger partial charge >= 0.3 is 0 Å². The average molecular weight is 172 g/mol. The lowest BCUT2D eigenvalue weighted by molar-refractivity contribution is -0.122. The van der Waals surface area contributed by atoms with Gasteiger partial charge in [0, 0.05) is 6.54 Å². The van der Waals surface area contributed by atoms with Gasteiger partial charge in [-0.1, -0.05) is 6.92 Å². The number of nitrogens with zero attached hydrogens (tertiary/aromatic N) is 1. The SMILES string of the molecule is CCCN1CC(O)CC1C(N)=O.